The fourth-order valence-electron chi connectivity index (χ4n) is 2.49. The zero-order chi connectivity index (χ0) is 13.5. The zero-order valence-corrected chi connectivity index (χ0v) is 12.5. The van der Waals surface area contributed by atoms with Crippen molar-refractivity contribution in [2.75, 3.05) is 11.9 Å². The lowest BCUT2D eigenvalue weighted by molar-refractivity contribution is -0.0553. The van der Waals surface area contributed by atoms with Crippen molar-refractivity contribution >= 4 is 39.0 Å². The van der Waals surface area contributed by atoms with Gasteiger partial charge in [-0.2, -0.15) is 0 Å². The van der Waals surface area contributed by atoms with Crippen LogP contribution < -0.4 is 5.32 Å². The molecule has 1 aliphatic rings. The molecule has 19 heavy (non-hydrogen) atoms. The van der Waals surface area contributed by atoms with E-state index in [9.17, 15) is 0 Å². The van der Waals surface area contributed by atoms with Gasteiger partial charge in [0.1, 0.15) is 10.6 Å². The molecule has 0 aliphatic carbocycles. The normalized spacial score (nSPS) is 22.6. The summed E-state index contributed by atoms with van der Waals surface area (Å²) in [6.07, 6.45) is 1.94. The average molecular weight is 298 g/mol. The molecule has 0 aromatic carbocycles. The summed E-state index contributed by atoms with van der Waals surface area (Å²) in [6, 6.07) is 2.39. The summed E-state index contributed by atoms with van der Waals surface area (Å²) in [5, 5.41) is 6.84. The third-order valence-corrected chi connectivity index (χ3v) is 4.31. The number of anilines is 1. The highest BCUT2D eigenvalue weighted by Crippen LogP contribution is 2.30. The molecular formula is C13H16ClN3OS. The van der Waals surface area contributed by atoms with Crippen LogP contribution in [0, 0.1) is 0 Å². The molecule has 102 valence electrons. The lowest BCUT2D eigenvalue weighted by Gasteiger charge is -2.36. The van der Waals surface area contributed by atoms with Crippen molar-refractivity contribution in [2.24, 2.45) is 0 Å². The maximum absolute atomic E-state index is 5.97. The summed E-state index contributed by atoms with van der Waals surface area (Å²) in [7, 11) is 0. The molecule has 3 rings (SSSR count). The van der Waals surface area contributed by atoms with Crippen LogP contribution in [0.25, 0.3) is 10.2 Å². The molecule has 1 atom stereocenters. The second kappa shape index (κ2) is 4.89. The van der Waals surface area contributed by atoms with Gasteiger partial charge >= 0.3 is 0 Å². The summed E-state index contributed by atoms with van der Waals surface area (Å²) in [6.45, 7) is 5.01. The van der Waals surface area contributed by atoms with Gasteiger partial charge in [-0.1, -0.05) is 0 Å². The molecule has 0 amide bonds. The Labute approximate surface area is 121 Å². The molecule has 1 fully saturated rings. The number of hydrogen-bond donors (Lipinski definition) is 1. The van der Waals surface area contributed by atoms with E-state index in [-0.39, 0.29) is 5.60 Å². The Kier molecular flexibility index (Phi) is 3.37. The van der Waals surface area contributed by atoms with E-state index >= 15 is 0 Å². The summed E-state index contributed by atoms with van der Waals surface area (Å²) in [5.41, 5.74) is -0.0828. The van der Waals surface area contributed by atoms with Crippen LogP contribution in [-0.2, 0) is 4.74 Å². The molecule has 0 spiro atoms. The second-order valence-corrected chi connectivity index (χ2v) is 6.66. The van der Waals surface area contributed by atoms with Crippen LogP contribution in [0.15, 0.2) is 11.4 Å². The maximum atomic E-state index is 5.97. The third-order valence-electron chi connectivity index (χ3n) is 3.34. The molecule has 1 N–H and O–H groups in total. The van der Waals surface area contributed by atoms with E-state index in [4.69, 9.17) is 16.3 Å². The zero-order valence-electron chi connectivity index (χ0n) is 10.9. The van der Waals surface area contributed by atoms with E-state index in [1.165, 1.54) is 0 Å². The summed E-state index contributed by atoms with van der Waals surface area (Å²) in [5.74, 6) is 0.832. The number of aromatic nitrogens is 2. The van der Waals surface area contributed by atoms with Crippen LogP contribution in [0.1, 0.15) is 26.7 Å². The number of nitrogens with one attached hydrogen (secondary N) is 1. The number of rotatable bonds is 2. The second-order valence-electron chi connectivity index (χ2n) is 5.42. The fraction of sp³-hybridized carbons (Fsp3) is 0.538. The van der Waals surface area contributed by atoms with Gasteiger partial charge in [0.15, 0.2) is 0 Å². The van der Waals surface area contributed by atoms with E-state index in [1.807, 2.05) is 11.4 Å². The molecule has 0 bridgehead atoms. The molecule has 0 radical (unpaired) electrons. The van der Waals surface area contributed by atoms with Crippen LogP contribution >= 0.6 is 22.9 Å². The van der Waals surface area contributed by atoms with Crippen LogP contribution in [0.2, 0.25) is 5.28 Å². The standard InChI is InChI=1S/C13H16ClN3OS/c1-13(2)7-8(3-5-18-13)15-10-9-4-6-19-11(9)17-12(14)16-10/h4,6,8H,3,5,7H2,1-2H3,(H,15,16,17). The Balaban J connectivity index is 1.86. The van der Waals surface area contributed by atoms with Crippen LogP contribution in [0.3, 0.4) is 0 Å². The Morgan fingerprint density at radius 2 is 2.32 bits per heavy atom. The van der Waals surface area contributed by atoms with Crippen LogP contribution in [0.5, 0.6) is 0 Å². The van der Waals surface area contributed by atoms with Gasteiger partial charge in [0.2, 0.25) is 5.28 Å². The number of hydrogen-bond acceptors (Lipinski definition) is 5. The van der Waals surface area contributed by atoms with Crippen molar-refractivity contribution in [3.8, 4) is 0 Å². The highest BCUT2D eigenvalue weighted by Gasteiger charge is 2.29. The van der Waals surface area contributed by atoms with Gasteiger partial charge in [-0.3, -0.25) is 0 Å². The van der Waals surface area contributed by atoms with Crippen molar-refractivity contribution < 1.29 is 4.74 Å². The van der Waals surface area contributed by atoms with Crippen LogP contribution in [-0.4, -0.2) is 28.2 Å². The summed E-state index contributed by atoms with van der Waals surface area (Å²) < 4.78 is 5.73. The highest BCUT2D eigenvalue weighted by atomic mass is 35.5. The van der Waals surface area contributed by atoms with Crippen molar-refractivity contribution in [2.45, 2.75) is 38.3 Å². The first kappa shape index (κ1) is 13.1. The third kappa shape index (κ3) is 2.83. The van der Waals surface area contributed by atoms with Gasteiger partial charge in [0, 0.05) is 12.6 Å². The monoisotopic (exact) mass is 297 g/mol. The van der Waals surface area contributed by atoms with Crippen molar-refractivity contribution in [1.82, 2.24) is 9.97 Å². The Hall–Kier alpha value is -0.910. The predicted octanol–water partition coefficient (Wildman–Crippen LogP) is 3.71. The smallest absolute Gasteiger partial charge is 0.225 e. The van der Waals surface area contributed by atoms with Gasteiger partial charge in [-0.15, -0.1) is 11.3 Å². The molecule has 2 aromatic heterocycles. The number of ether oxygens (including phenoxy) is 1. The molecule has 1 saturated heterocycles. The molecule has 4 nitrogen and oxygen atoms in total. The SMILES string of the molecule is CC1(C)CC(Nc2nc(Cl)nc3sccc23)CCO1. The van der Waals surface area contributed by atoms with E-state index < -0.39 is 0 Å². The van der Waals surface area contributed by atoms with Crippen molar-refractivity contribution in [1.29, 1.82) is 0 Å². The maximum Gasteiger partial charge on any atom is 0.225 e. The number of fused-ring (bicyclic) bond motifs is 1. The molecular weight excluding hydrogens is 282 g/mol. The van der Waals surface area contributed by atoms with Gasteiger partial charge < -0.3 is 10.1 Å². The molecule has 3 heterocycles. The molecule has 0 saturated carbocycles. The number of thiophene rings is 1. The van der Waals surface area contributed by atoms with E-state index in [0.717, 1.165) is 35.5 Å². The van der Waals surface area contributed by atoms with E-state index in [0.29, 0.717) is 11.3 Å². The first-order valence-electron chi connectivity index (χ1n) is 6.35. The summed E-state index contributed by atoms with van der Waals surface area (Å²) in [4.78, 5) is 9.48. The van der Waals surface area contributed by atoms with Crippen molar-refractivity contribution in [3.05, 3.63) is 16.7 Å². The van der Waals surface area contributed by atoms with Crippen molar-refractivity contribution in [3.63, 3.8) is 0 Å². The first-order valence-corrected chi connectivity index (χ1v) is 7.60. The largest absolute Gasteiger partial charge is 0.375 e. The minimum atomic E-state index is -0.0828. The Morgan fingerprint density at radius 1 is 1.47 bits per heavy atom. The highest BCUT2D eigenvalue weighted by molar-refractivity contribution is 7.16. The predicted molar refractivity (Wildman–Crippen MR) is 79.1 cm³/mol. The summed E-state index contributed by atoms with van der Waals surface area (Å²) >= 11 is 7.55. The van der Waals surface area contributed by atoms with Gasteiger partial charge in [0.05, 0.1) is 11.0 Å². The van der Waals surface area contributed by atoms with E-state index in [2.05, 4.69) is 29.1 Å². The lowest BCUT2D eigenvalue weighted by Crippen LogP contribution is -2.40. The molecule has 2 aromatic rings. The molecule has 6 heteroatoms. The topological polar surface area (TPSA) is 47.0 Å². The Bertz CT molecular complexity index is 599. The average Bonchev–Trinajstić information content (AvgIpc) is 2.75. The first-order chi connectivity index (χ1) is 9.03. The minimum Gasteiger partial charge on any atom is -0.375 e. The number of halogens is 1. The molecule has 1 unspecified atom stereocenters. The fourth-order valence-corrected chi connectivity index (χ4v) is 3.47. The minimum absolute atomic E-state index is 0.0828. The van der Waals surface area contributed by atoms with Gasteiger partial charge in [0.25, 0.3) is 0 Å². The van der Waals surface area contributed by atoms with Gasteiger partial charge in [-0.05, 0) is 49.7 Å². The quantitative estimate of drug-likeness (QED) is 0.858. The van der Waals surface area contributed by atoms with E-state index in [1.54, 1.807) is 11.3 Å². The molecule has 1 aliphatic heterocycles. The lowest BCUT2D eigenvalue weighted by atomic mass is 9.94. The number of nitrogens with zero attached hydrogens (tertiary/aromatic N) is 2. The Morgan fingerprint density at radius 3 is 3.11 bits per heavy atom. The van der Waals surface area contributed by atoms with Crippen LogP contribution in [0.4, 0.5) is 5.82 Å². The van der Waals surface area contributed by atoms with Gasteiger partial charge in [-0.25, -0.2) is 9.97 Å².